The van der Waals surface area contributed by atoms with Crippen molar-refractivity contribution < 1.29 is 4.79 Å². The standard InChI is InChI=1S/C14H13N5O/c1-9-6-7-19-12(8-9)16-14(18-19)17-13(20)11-5-3-4-10(2)15-11/h3-8H,1-2H3,(H,17,18,20). The van der Waals surface area contributed by atoms with Crippen LogP contribution in [0.25, 0.3) is 5.65 Å². The molecular formula is C14H13N5O. The van der Waals surface area contributed by atoms with Gasteiger partial charge in [-0.1, -0.05) is 6.07 Å². The lowest BCUT2D eigenvalue weighted by atomic mass is 10.3. The van der Waals surface area contributed by atoms with Crippen LogP contribution in [-0.2, 0) is 0 Å². The second kappa shape index (κ2) is 4.73. The molecule has 3 aromatic rings. The summed E-state index contributed by atoms with van der Waals surface area (Å²) < 4.78 is 1.62. The van der Waals surface area contributed by atoms with E-state index in [4.69, 9.17) is 0 Å². The number of nitrogens with one attached hydrogen (secondary N) is 1. The van der Waals surface area contributed by atoms with Crippen LogP contribution >= 0.6 is 0 Å². The van der Waals surface area contributed by atoms with E-state index >= 15 is 0 Å². The Morgan fingerprint density at radius 1 is 1.20 bits per heavy atom. The van der Waals surface area contributed by atoms with E-state index < -0.39 is 0 Å². The smallest absolute Gasteiger partial charge is 0.276 e. The van der Waals surface area contributed by atoms with Gasteiger partial charge < -0.3 is 0 Å². The van der Waals surface area contributed by atoms with Crippen molar-refractivity contribution >= 4 is 17.5 Å². The Bertz CT molecular complexity index is 793. The lowest BCUT2D eigenvalue weighted by Crippen LogP contribution is -2.15. The average Bonchev–Trinajstić information content (AvgIpc) is 2.80. The number of amides is 1. The fourth-order valence-corrected chi connectivity index (χ4v) is 1.87. The van der Waals surface area contributed by atoms with Crippen LogP contribution in [0.2, 0.25) is 0 Å². The first-order valence-corrected chi connectivity index (χ1v) is 6.20. The molecule has 0 aliphatic carbocycles. The molecule has 0 unspecified atom stereocenters. The van der Waals surface area contributed by atoms with Crippen molar-refractivity contribution in [2.75, 3.05) is 5.32 Å². The largest absolute Gasteiger partial charge is 0.288 e. The molecule has 0 bridgehead atoms. The zero-order valence-corrected chi connectivity index (χ0v) is 11.2. The highest BCUT2D eigenvalue weighted by molar-refractivity contribution is 6.01. The summed E-state index contributed by atoms with van der Waals surface area (Å²) in [5.41, 5.74) is 2.91. The number of anilines is 1. The van der Waals surface area contributed by atoms with Crippen molar-refractivity contribution in [3.8, 4) is 0 Å². The molecule has 6 heteroatoms. The van der Waals surface area contributed by atoms with E-state index in [0.29, 0.717) is 11.3 Å². The maximum absolute atomic E-state index is 12.0. The maximum Gasteiger partial charge on any atom is 0.276 e. The predicted octanol–water partition coefficient (Wildman–Crippen LogP) is 1.99. The fraction of sp³-hybridized carbons (Fsp3) is 0.143. The van der Waals surface area contributed by atoms with Crippen LogP contribution in [0.4, 0.5) is 5.95 Å². The van der Waals surface area contributed by atoms with Crippen LogP contribution in [-0.4, -0.2) is 25.5 Å². The van der Waals surface area contributed by atoms with Gasteiger partial charge in [0.05, 0.1) is 0 Å². The van der Waals surface area contributed by atoms with E-state index in [-0.39, 0.29) is 11.9 Å². The SMILES string of the molecule is Cc1ccn2nc(NC(=O)c3cccc(C)n3)nc2c1. The second-order valence-corrected chi connectivity index (χ2v) is 4.56. The van der Waals surface area contributed by atoms with Gasteiger partial charge in [0.15, 0.2) is 5.65 Å². The first-order valence-electron chi connectivity index (χ1n) is 6.20. The highest BCUT2D eigenvalue weighted by atomic mass is 16.2. The molecule has 6 nitrogen and oxygen atoms in total. The highest BCUT2D eigenvalue weighted by Crippen LogP contribution is 2.08. The summed E-state index contributed by atoms with van der Waals surface area (Å²) >= 11 is 0. The number of aryl methyl sites for hydroxylation is 2. The monoisotopic (exact) mass is 267 g/mol. The zero-order valence-electron chi connectivity index (χ0n) is 11.2. The summed E-state index contributed by atoms with van der Waals surface area (Å²) in [6, 6.07) is 9.10. The van der Waals surface area contributed by atoms with Crippen LogP contribution in [0.3, 0.4) is 0 Å². The lowest BCUT2D eigenvalue weighted by Gasteiger charge is -2.00. The van der Waals surface area contributed by atoms with Gasteiger partial charge in [0.1, 0.15) is 5.69 Å². The minimum atomic E-state index is -0.318. The summed E-state index contributed by atoms with van der Waals surface area (Å²) in [7, 11) is 0. The van der Waals surface area contributed by atoms with Crippen molar-refractivity contribution in [1.82, 2.24) is 19.6 Å². The van der Waals surface area contributed by atoms with E-state index in [2.05, 4.69) is 20.4 Å². The van der Waals surface area contributed by atoms with Crippen LogP contribution in [0.1, 0.15) is 21.7 Å². The summed E-state index contributed by atoms with van der Waals surface area (Å²) in [6.45, 7) is 3.81. The van der Waals surface area contributed by atoms with Gasteiger partial charge in [-0.15, -0.1) is 5.10 Å². The third kappa shape index (κ3) is 2.35. The van der Waals surface area contributed by atoms with Gasteiger partial charge >= 0.3 is 0 Å². The molecule has 1 N–H and O–H groups in total. The molecule has 0 spiro atoms. The molecule has 0 aromatic carbocycles. The molecule has 0 aliphatic heterocycles. The van der Waals surface area contributed by atoms with Crippen molar-refractivity contribution in [1.29, 1.82) is 0 Å². The first kappa shape index (κ1) is 12.3. The third-order valence-corrected chi connectivity index (χ3v) is 2.84. The Hall–Kier alpha value is -2.76. The molecule has 0 aliphatic rings. The van der Waals surface area contributed by atoms with E-state index in [1.165, 1.54) is 0 Å². The molecule has 3 rings (SSSR count). The summed E-state index contributed by atoms with van der Waals surface area (Å²) in [5.74, 6) is -0.0507. The van der Waals surface area contributed by atoms with Crippen molar-refractivity contribution in [2.24, 2.45) is 0 Å². The fourth-order valence-electron chi connectivity index (χ4n) is 1.87. The Labute approximate surface area is 115 Å². The topological polar surface area (TPSA) is 72.2 Å². The highest BCUT2D eigenvalue weighted by Gasteiger charge is 2.11. The molecule has 0 atom stereocenters. The number of pyridine rings is 2. The van der Waals surface area contributed by atoms with E-state index in [9.17, 15) is 4.79 Å². The third-order valence-electron chi connectivity index (χ3n) is 2.84. The number of carbonyl (C=O) groups excluding carboxylic acids is 1. The molecule has 20 heavy (non-hydrogen) atoms. The predicted molar refractivity (Wildman–Crippen MR) is 74.7 cm³/mol. The molecule has 3 aromatic heterocycles. The van der Waals surface area contributed by atoms with Crippen molar-refractivity contribution in [3.05, 3.63) is 53.5 Å². The van der Waals surface area contributed by atoms with Crippen LogP contribution in [0.5, 0.6) is 0 Å². The van der Waals surface area contributed by atoms with Gasteiger partial charge in [-0.2, -0.15) is 4.98 Å². The molecule has 0 saturated carbocycles. The minimum Gasteiger partial charge on any atom is -0.288 e. The second-order valence-electron chi connectivity index (χ2n) is 4.56. The summed E-state index contributed by atoms with van der Waals surface area (Å²) in [5, 5.41) is 6.84. The quantitative estimate of drug-likeness (QED) is 0.770. The van der Waals surface area contributed by atoms with E-state index in [1.54, 1.807) is 22.8 Å². The van der Waals surface area contributed by atoms with E-state index in [0.717, 1.165) is 11.3 Å². The number of carbonyl (C=O) groups is 1. The van der Waals surface area contributed by atoms with E-state index in [1.807, 2.05) is 32.0 Å². The normalized spacial score (nSPS) is 10.7. The van der Waals surface area contributed by atoms with Crippen LogP contribution in [0, 0.1) is 13.8 Å². The molecule has 0 fully saturated rings. The van der Waals surface area contributed by atoms with Gasteiger partial charge in [0.2, 0.25) is 5.95 Å². The Balaban J connectivity index is 1.87. The van der Waals surface area contributed by atoms with Gasteiger partial charge in [0, 0.05) is 11.9 Å². The lowest BCUT2D eigenvalue weighted by molar-refractivity contribution is 0.102. The van der Waals surface area contributed by atoms with Crippen molar-refractivity contribution in [2.45, 2.75) is 13.8 Å². The Morgan fingerprint density at radius 3 is 2.85 bits per heavy atom. The van der Waals surface area contributed by atoms with Gasteiger partial charge in [-0.3, -0.25) is 10.1 Å². The maximum atomic E-state index is 12.0. The summed E-state index contributed by atoms with van der Waals surface area (Å²) in [6.07, 6.45) is 1.80. The molecular weight excluding hydrogens is 254 g/mol. The number of hydrogen-bond donors (Lipinski definition) is 1. The summed E-state index contributed by atoms with van der Waals surface area (Å²) in [4.78, 5) is 20.5. The molecule has 0 saturated heterocycles. The Kier molecular flexibility index (Phi) is 2.90. The number of rotatable bonds is 2. The molecule has 100 valence electrons. The molecule has 0 radical (unpaired) electrons. The van der Waals surface area contributed by atoms with Crippen LogP contribution in [0.15, 0.2) is 36.5 Å². The average molecular weight is 267 g/mol. The number of fused-ring (bicyclic) bond motifs is 1. The molecule has 3 heterocycles. The zero-order chi connectivity index (χ0) is 14.1. The number of hydrogen-bond acceptors (Lipinski definition) is 4. The number of nitrogens with zero attached hydrogens (tertiary/aromatic N) is 4. The molecule has 1 amide bonds. The number of aromatic nitrogens is 4. The Morgan fingerprint density at radius 2 is 2.05 bits per heavy atom. The first-order chi connectivity index (χ1) is 9.61. The van der Waals surface area contributed by atoms with Gasteiger partial charge in [0.25, 0.3) is 5.91 Å². The van der Waals surface area contributed by atoms with Gasteiger partial charge in [-0.25, -0.2) is 9.50 Å². The van der Waals surface area contributed by atoms with Crippen molar-refractivity contribution in [3.63, 3.8) is 0 Å². The van der Waals surface area contributed by atoms with Crippen LogP contribution < -0.4 is 5.32 Å². The minimum absolute atomic E-state index is 0.268. The van der Waals surface area contributed by atoms with Gasteiger partial charge in [-0.05, 0) is 43.7 Å².